The van der Waals surface area contributed by atoms with Crippen molar-refractivity contribution in [3.05, 3.63) is 102 Å². The third kappa shape index (κ3) is 3.21. The third-order valence-electron chi connectivity index (χ3n) is 4.87. The van der Waals surface area contributed by atoms with Crippen LogP contribution >= 0.6 is 0 Å². The summed E-state index contributed by atoms with van der Waals surface area (Å²) in [6.45, 7) is 2.38. The van der Waals surface area contributed by atoms with Crippen molar-refractivity contribution in [2.45, 2.75) is 6.92 Å². The molecule has 144 valence electrons. The number of imide groups is 1. The number of hydrogen-bond acceptors (Lipinski definition) is 3. The third-order valence-corrected chi connectivity index (χ3v) is 4.87. The molecule has 4 nitrogen and oxygen atoms in total. The van der Waals surface area contributed by atoms with E-state index in [2.05, 4.69) is 0 Å². The lowest BCUT2D eigenvalue weighted by Gasteiger charge is -2.25. The number of likely N-dealkylation sites (N-methyl/N-ethyl adjacent to an activating group) is 1. The minimum atomic E-state index is -0.620. The van der Waals surface area contributed by atoms with Gasteiger partial charge in [0, 0.05) is 12.2 Å². The van der Waals surface area contributed by atoms with Gasteiger partial charge >= 0.3 is 0 Å². The van der Waals surface area contributed by atoms with Gasteiger partial charge in [-0.2, -0.15) is 0 Å². The molecule has 2 amide bonds. The molecule has 0 spiro atoms. The molecule has 4 rings (SSSR count). The molecule has 0 N–H and O–H groups in total. The van der Waals surface area contributed by atoms with E-state index in [-0.39, 0.29) is 17.0 Å². The van der Waals surface area contributed by atoms with Gasteiger partial charge in [-0.15, -0.1) is 0 Å². The monoisotopic (exact) mass is 386 g/mol. The van der Waals surface area contributed by atoms with Crippen molar-refractivity contribution in [3.8, 4) is 0 Å². The summed E-state index contributed by atoms with van der Waals surface area (Å²) in [4.78, 5) is 29.6. The van der Waals surface area contributed by atoms with E-state index >= 15 is 0 Å². The minimum Gasteiger partial charge on any atom is -0.337 e. The first kappa shape index (κ1) is 18.6. The fourth-order valence-electron chi connectivity index (χ4n) is 3.56. The Morgan fingerprint density at radius 2 is 1.38 bits per heavy atom. The van der Waals surface area contributed by atoms with Crippen molar-refractivity contribution >= 4 is 28.8 Å². The molecule has 0 aromatic heterocycles. The predicted molar refractivity (Wildman–Crippen MR) is 112 cm³/mol. The molecule has 3 aromatic carbocycles. The maximum absolute atomic E-state index is 14.5. The first-order valence-corrected chi connectivity index (χ1v) is 9.39. The SMILES string of the molecule is CCN(C1=C(c2ccccc2)C(=O)N(c2ccccc2F)C1=O)c1ccccc1. The molecule has 1 aliphatic rings. The van der Waals surface area contributed by atoms with Crippen molar-refractivity contribution in [2.75, 3.05) is 16.3 Å². The van der Waals surface area contributed by atoms with Crippen LogP contribution in [0.15, 0.2) is 90.6 Å². The first-order chi connectivity index (χ1) is 14.1. The highest BCUT2D eigenvalue weighted by Gasteiger charge is 2.43. The molecule has 0 saturated heterocycles. The Bertz CT molecular complexity index is 1090. The summed E-state index contributed by atoms with van der Waals surface area (Å²) in [7, 11) is 0. The van der Waals surface area contributed by atoms with Gasteiger partial charge in [0.15, 0.2) is 0 Å². The summed E-state index contributed by atoms with van der Waals surface area (Å²) in [6, 6.07) is 24.2. The van der Waals surface area contributed by atoms with E-state index in [0.717, 1.165) is 10.6 Å². The number of anilines is 2. The highest BCUT2D eigenvalue weighted by atomic mass is 19.1. The molecule has 0 aliphatic carbocycles. The van der Waals surface area contributed by atoms with Crippen LogP contribution in [-0.2, 0) is 9.59 Å². The van der Waals surface area contributed by atoms with E-state index < -0.39 is 17.6 Å². The topological polar surface area (TPSA) is 40.6 Å². The molecule has 0 bridgehead atoms. The number of carbonyl (C=O) groups is 2. The summed E-state index contributed by atoms with van der Waals surface area (Å²) < 4.78 is 14.5. The van der Waals surface area contributed by atoms with Crippen LogP contribution in [0.2, 0.25) is 0 Å². The van der Waals surface area contributed by atoms with Gasteiger partial charge < -0.3 is 4.90 Å². The highest BCUT2D eigenvalue weighted by Crippen LogP contribution is 2.37. The first-order valence-electron chi connectivity index (χ1n) is 9.39. The van der Waals surface area contributed by atoms with Crippen LogP contribution in [-0.4, -0.2) is 18.4 Å². The molecule has 1 heterocycles. The van der Waals surface area contributed by atoms with Crippen molar-refractivity contribution in [2.24, 2.45) is 0 Å². The van der Waals surface area contributed by atoms with Gasteiger partial charge in [0.1, 0.15) is 11.5 Å². The molecular weight excluding hydrogens is 367 g/mol. The summed E-state index contributed by atoms with van der Waals surface area (Å²) in [5.74, 6) is -1.69. The van der Waals surface area contributed by atoms with Crippen LogP contribution in [0.1, 0.15) is 12.5 Å². The van der Waals surface area contributed by atoms with Crippen LogP contribution in [0.4, 0.5) is 15.8 Å². The second-order valence-electron chi connectivity index (χ2n) is 6.57. The molecule has 3 aromatic rings. The number of hydrogen-bond donors (Lipinski definition) is 0. The lowest BCUT2D eigenvalue weighted by atomic mass is 10.0. The zero-order chi connectivity index (χ0) is 20.4. The summed E-state index contributed by atoms with van der Waals surface area (Å²) in [6.07, 6.45) is 0. The van der Waals surface area contributed by atoms with E-state index in [1.165, 1.54) is 18.2 Å². The van der Waals surface area contributed by atoms with Crippen LogP contribution in [0.3, 0.4) is 0 Å². The van der Waals surface area contributed by atoms with Crippen LogP contribution < -0.4 is 9.80 Å². The van der Waals surface area contributed by atoms with Crippen LogP contribution in [0, 0.1) is 5.82 Å². The summed E-state index contributed by atoms with van der Waals surface area (Å²) in [5.41, 5.74) is 1.88. The second-order valence-corrected chi connectivity index (χ2v) is 6.57. The van der Waals surface area contributed by atoms with Crippen molar-refractivity contribution < 1.29 is 14.0 Å². The van der Waals surface area contributed by atoms with Crippen molar-refractivity contribution in [1.82, 2.24) is 0 Å². The molecule has 5 heteroatoms. The molecule has 1 aliphatic heterocycles. The van der Waals surface area contributed by atoms with E-state index in [9.17, 15) is 14.0 Å². The van der Waals surface area contributed by atoms with Gasteiger partial charge in [0.05, 0.1) is 11.3 Å². The molecular formula is C24H19FN2O2. The highest BCUT2D eigenvalue weighted by molar-refractivity contribution is 6.46. The van der Waals surface area contributed by atoms with E-state index in [1.807, 2.05) is 55.5 Å². The van der Waals surface area contributed by atoms with Gasteiger partial charge in [0.25, 0.3) is 11.8 Å². The zero-order valence-electron chi connectivity index (χ0n) is 15.9. The average Bonchev–Trinajstić information content (AvgIpc) is 3.01. The Morgan fingerprint density at radius 3 is 2.00 bits per heavy atom. The standard InChI is InChI=1S/C24H19FN2O2/c1-2-26(18-13-7-4-8-14-18)22-21(17-11-5-3-6-12-17)23(28)27(24(22)29)20-16-10-9-15-19(20)25/h3-16H,2H2,1H3. The number of carbonyl (C=O) groups excluding carboxylic acids is 2. The van der Waals surface area contributed by atoms with Gasteiger partial charge in [0.2, 0.25) is 0 Å². The lowest BCUT2D eigenvalue weighted by Crippen LogP contribution is -2.35. The lowest BCUT2D eigenvalue weighted by molar-refractivity contribution is -0.120. The molecule has 0 radical (unpaired) electrons. The minimum absolute atomic E-state index is 0.0463. The predicted octanol–water partition coefficient (Wildman–Crippen LogP) is 4.64. The zero-order valence-corrected chi connectivity index (χ0v) is 15.9. The Kier molecular flexibility index (Phi) is 4.96. The summed E-state index contributed by atoms with van der Waals surface area (Å²) in [5, 5.41) is 0. The maximum atomic E-state index is 14.5. The molecule has 0 atom stereocenters. The number of para-hydroxylation sites is 2. The van der Waals surface area contributed by atoms with Gasteiger partial charge in [-0.25, -0.2) is 9.29 Å². The molecule has 0 unspecified atom stereocenters. The van der Waals surface area contributed by atoms with Gasteiger partial charge in [-0.05, 0) is 36.8 Å². The van der Waals surface area contributed by atoms with E-state index in [4.69, 9.17) is 0 Å². The largest absolute Gasteiger partial charge is 0.337 e. The van der Waals surface area contributed by atoms with E-state index in [0.29, 0.717) is 12.1 Å². The van der Waals surface area contributed by atoms with Crippen molar-refractivity contribution in [3.63, 3.8) is 0 Å². The van der Waals surface area contributed by atoms with Crippen molar-refractivity contribution in [1.29, 1.82) is 0 Å². The fraction of sp³-hybridized carbons (Fsp3) is 0.0833. The van der Waals surface area contributed by atoms with Gasteiger partial charge in [-0.3, -0.25) is 9.59 Å². The number of halogens is 1. The Morgan fingerprint density at radius 1 is 0.793 bits per heavy atom. The number of nitrogens with zero attached hydrogens (tertiary/aromatic N) is 2. The Labute approximate surface area is 168 Å². The molecule has 0 fully saturated rings. The number of rotatable bonds is 5. The smallest absolute Gasteiger partial charge is 0.282 e. The quantitative estimate of drug-likeness (QED) is 0.600. The molecule has 29 heavy (non-hydrogen) atoms. The Hall–Kier alpha value is -3.73. The maximum Gasteiger partial charge on any atom is 0.282 e. The molecule has 0 saturated carbocycles. The number of amides is 2. The van der Waals surface area contributed by atoms with Crippen LogP contribution in [0.5, 0.6) is 0 Å². The second kappa shape index (κ2) is 7.72. The average molecular weight is 386 g/mol. The normalized spacial score (nSPS) is 13.9. The van der Waals surface area contributed by atoms with Gasteiger partial charge in [-0.1, -0.05) is 60.7 Å². The fourth-order valence-corrected chi connectivity index (χ4v) is 3.56. The van der Waals surface area contributed by atoms with Crippen LogP contribution in [0.25, 0.3) is 5.57 Å². The summed E-state index contributed by atoms with van der Waals surface area (Å²) >= 11 is 0. The Balaban J connectivity index is 1.92. The number of benzene rings is 3. The van der Waals surface area contributed by atoms with E-state index in [1.54, 1.807) is 23.1 Å².